The van der Waals surface area contributed by atoms with Gasteiger partial charge in [0.05, 0.1) is 0 Å². The first-order valence-electron chi connectivity index (χ1n) is 7.02. The smallest absolute Gasteiger partial charge is 0.103 e. The van der Waals surface area contributed by atoms with Crippen LogP contribution >= 0.6 is 12.2 Å². The van der Waals surface area contributed by atoms with Gasteiger partial charge in [0.25, 0.3) is 0 Å². The third-order valence-corrected chi connectivity index (χ3v) is 4.90. The van der Waals surface area contributed by atoms with Crippen LogP contribution in [0.4, 0.5) is 5.69 Å². The van der Waals surface area contributed by atoms with Gasteiger partial charge in [-0.1, -0.05) is 12.2 Å². The number of nitrogens with two attached hydrogens (primary N) is 1. The summed E-state index contributed by atoms with van der Waals surface area (Å²) in [6.45, 7) is 2.29. The molecule has 2 bridgehead atoms. The maximum absolute atomic E-state index is 5.65. The first kappa shape index (κ1) is 12.9. The Morgan fingerprint density at radius 1 is 1.16 bits per heavy atom. The SMILES string of the molecule is CN1C2CCC1CN(c1ccc(C(N)=S)cc1)CC2. The van der Waals surface area contributed by atoms with Crippen molar-refractivity contribution >= 4 is 22.9 Å². The number of rotatable bonds is 2. The summed E-state index contributed by atoms with van der Waals surface area (Å²) in [6, 6.07) is 9.85. The summed E-state index contributed by atoms with van der Waals surface area (Å²) in [5.74, 6) is 0. The second-order valence-corrected chi connectivity index (χ2v) is 6.14. The summed E-state index contributed by atoms with van der Waals surface area (Å²) in [5.41, 5.74) is 7.89. The number of nitrogens with zero attached hydrogens (tertiary/aromatic N) is 2. The quantitative estimate of drug-likeness (QED) is 0.837. The van der Waals surface area contributed by atoms with Crippen LogP contribution in [0.5, 0.6) is 0 Å². The van der Waals surface area contributed by atoms with E-state index in [9.17, 15) is 0 Å². The van der Waals surface area contributed by atoms with Gasteiger partial charge in [0, 0.05) is 36.4 Å². The molecule has 0 saturated carbocycles. The van der Waals surface area contributed by atoms with E-state index in [0.717, 1.165) is 24.7 Å². The van der Waals surface area contributed by atoms with E-state index >= 15 is 0 Å². The molecule has 0 aliphatic carbocycles. The second kappa shape index (κ2) is 5.10. The number of likely N-dealkylation sites (N-methyl/N-ethyl adjacent to an activating group) is 1. The summed E-state index contributed by atoms with van der Waals surface area (Å²) in [4.78, 5) is 5.55. The van der Waals surface area contributed by atoms with E-state index in [0.29, 0.717) is 11.0 Å². The zero-order valence-electron chi connectivity index (χ0n) is 11.4. The molecule has 4 heteroatoms. The Hall–Kier alpha value is -1.13. The molecule has 0 spiro atoms. The lowest BCUT2D eigenvalue weighted by atomic mass is 10.1. The van der Waals surface area contributed by atoms with E-state index in [1.165, 1.54) is 24.9 Å². The van der Waals surface area contributed by atoms with Gasteiger partial charge in [-0.2, -0.15) is 0 Å². The molecule has 102 valence electrons. The van der Waals surface area contributed by atoms with E-state index < -0.39 is 0 Å². The Labute approximate surface area is 120 Å². The molecule has 2 fully saturated rings. The van der Waals surface area contributed by atoms with Gasteiger partial charge in [0.1, 0.15) is 4.99 Å². The Balaban J connectivity index is 1.77. The van der Waals surface area contributed by atoms with Gasteiger partial charge in [0.15, 0.2) is 0 Å². The van der Waals surface area contributed by atoms with Gasteiger partial charge in [-0.3, -0.25) is 4.90 Å². The van der Waals surface area contributed by atoms with Crippen LogP contribution in [0.2, 0.25) is 0 Å². The van der Waals surface area contributed by atoms with Crippen molar-refractivity contribution in [3.05, 3.63) is 29.8 Å². The fraction of sp³-hybridized carbons (Fsp3) is 0.533. The first-order valence-corrected chi connectivity index (χ1v) is 7.43. The average Bonchev–Trinajstić information content (AvgIpc) is 2.63. The van der Waals surface area contributed by atoms with Gasteiger partial charge < -0.3 is 10.6 Å². The number of benzene rings is 1. The third-order valence-electron chi connectivity index (χ3n) is 4.67. The molecule has 0 radical (unpaired) electrons. The number of anilines is 1. The monoisotopic (exact) mass is 275 g/mol. The molecule has 1 aromatic carbocycles. The van der Waals surface area contributed by atoms with Crippen LogP contribution in [-0.2, 0) is 0 Å². The molecule has 0 aromatic heterocycles. The molecule has 1 aromatic rings. The maximum Gasteiger partial charge on any atom is 0.103 e. The van der Waals surface area contributed by atoms with Crippen LogP contribution in [0, 0.1) is 0 Å². The van der Waals surface area contributed by atoms with Crippen LogP contribution in [0.1, 0.15) is 24.8 Å². The number of hydrogen-bond acceptors (Lipinski definition) is 3. The van der Waals surface area contributed by atoms with Crippen molar-refractivity contribution in [2.45, 2.75) is 31.3 Å². The van der Waals surface area contributed by atoms with Gasteiger partial charge in [0.2, 0.25) is 0 Å². The van der Waals surface area contributed by atoms with Crippen LogP contribution in [0.3, 0.4) is 0 Å². The maximum atomic E-state index is 5.65. The summed E-state index contributed by atoms with van der Waals surface area (Å²) in [5, 5.41) is 0. The molecule has 2 aliphatic rings. The van der Waals surface area contributed by atoms with Crippen molar-refractivity contribution < 1.29 is 0 Å². The van der Waals surface area contributed by atoms with Crippen LogP contribution in [0.25, 0.3) is 0 Å². The average molecular weight is 275 g/mol. The zero-order chi connectivity index (χ0) is 13.4. The predicted octanol–water partition coefficient (Wildman–Crippen LogP) is 1.99. The molecular weight excluding hydrogens is 254 g/mol. The normalized spacial score (nSPS) is 27.3. The molecular formula is C15H21N3S. The summed E-state index contributed by atoms with van der Waals surface area (Å²) in [7, 11) is 2.28. The Morgan fingerprint density at radius 3 is 2.53 bits per heavy atom. The molecule has 2 saturated heterocycles. The summed E-state index contributed by atoms with van der Waals surface area (Å²) < 4.78 is 0. The number of hydrogen-bond donors (Lipinski definition) is 1. The molecule has 2 N–H and O–H groups in total. The van der Waals surface area contributed by atoms with Gasteiger partial charge in [-0.05, 0) is 50.6 Å². The van der Waals surface area contributed by atoms with Gasteiger partial charge >= 0.3 is 0 Å². The van der Waals surface area contributed by atoms with Crippen LogP contribution in [-0.4, -0.2) is 42.1 Å². The Bertz CT molecular complexity index is 471. The van der Waals surface area contributed by atoms with Crippen LogP contribution < -0.4 is 10.6 Å². The lowest BCUT2D eigenvalue weighted by Gasteiger charge is -2.27. The van der Waals surface area contributed by atoms with Crippen molar-refractivity contribution in [1.82, 2.24) is 4.90 Å². The highest BCUT2D eigenvalue weighted by atomic mass is 32.1. The highest BCUT2D eigenvalue weighted by Gasteiger charge is 2.34. The molecule has 2 aliphatic heterocycles. The number of fused-ring (bicyclic) bond motifs is 2. The van der Waals surface area contributed by atoms with E-state index in [-0.39, 0.29) is 0 Å². The standard InChI is InChI=1S/C15H21N3S/c1-17-12-6-7-14(17)10-18(9-8-12)13-4-2-11(3-5-13)15(16)19/h2-5,12,14H,6-10H2,1H3,(H2,16,19). The minimum absolute atomic E-state index is 0.473. The van der Waals surface area contributed by atoms with Crippen molar-refractivity contribution in [3.8, 4) is 0 Å². The van der Waals surface area contributed by atoms with Crippen molar-refractivity contribution in [3.63, 3.8) is 0 Å². The molecule has 2 heterocycles. The van der Waals surface area contributed by atoms with Gasteiger partial charge in [-0.15, -0.1) is 0 Å². The minimum atomic E-state index is 0.473. The second-order valence-electron chi connectivity index (χ2n) is 5.70. The Kier molecular flexibility index (Phi) is 3.46. The lowest BCUT2D eigenvalue weighted by molar-refractivity contribution is 0.254. The predicted molar refractivity (Wildman–Crippen MR) is 83.7 cm³/mol. The third kappa shape index (κ3) is 2.47. The summed E-state index contributed by atoms with van der Waals surface area (Å²) in [6.07, 6.45) is 3.97. The Morgan fingerprint density at radius 2 is 1.84 bits per heavy atom. The first-order chi connectivity index (χ1) is 9.15. The molecule has 3 nitrogen and oxygen atoms in total. The fourth-order valence-electron chi connectivity index (χ4n) is 3.38. The lowest BCUT2D eigenvalue weighted by Crippen LogP contribution is -2.36. The largest absolute Gasteiger partial charge is 0.389 e. The molecule has 0 amide bonds. The van der Waals surface area contributed by atoms with Crippen molar-refractivity contribution in [2.24, 2.45) is 5.73 Å². The van der Waals surface area contributed by atoms with Gasteiger partial charge in [-0.25, -0.2) is 0 Å². The molecule has 2 unspecified atom stereocenters. The van der Waals surface area contributed by atoms with Crippen LogP contribution in [0.15, 0.2) is 24.3 Å². The number of thiocarbonyl (C=S) groups is 1. The fourth-order valence-corrected chi connectivity index (χ4v) is 3.52. The molecule has 19 heavy (non-hydrogen) atoms. The van der Waals surface area contributed by atoms with E-state index in [1.807, 2.05) is 12.1 Å². The zero-order valence-corrected chi connectivity index (χ0v) is 12.2. The van der Waals surface area contributed by atoms with Crippen molar-refractivity contribution in [1.29, 1.82) is 0 Å². The highest BCUT2D eigenvalue weighted by Crippen LogP contribution is 2.30. The topological polar surface area (TPSA) is 32.5 Å². The molecule has 2 atom stereocenters. The van der Waals surface area contributed by atoms with Crippen molar-refractivity contribution in [2.75, 3.05) is 25.0 Å². The van der Waals surface area contributed by atoms with E-state index in [4.69, 9.17) is 18.0 Å². The van der Waals surface area contributed by atoms with E-state index in [2.05, 4.69) is 29.0 Å². The molecule has 3 rings (SSSR count). The minimum Gasteiger partial charge on any atom is -0.389 e. The summed E-state index contributed by atoms with van der Waals surface area (Å²) >= 11 is 5.00. The highest BCUT2D eigenvalue weighted by molar-refractivity contribution is 7.80. The van der Waals surface area contributed by atoms with E-state index in [1.54, 1.807) is 0 Å².